The van der Waals surface area contributed by atoms with Crippen LogP contribution in [0.25, 0.3) is 0 Å². The zero-order valence-corrected chi connectivity index (χ0v) is 17.5. The Morgan fingerprint density at radius 1 is 1.18 bits per heavy atom. The van der Waals surface area contributed by atoms with E-state index in [1.807, 2.05) is 0 Å². The third kappa shape index (κ3) is 4.90. The Balaban J connectivity index is 1.50. The molecule has 0 radical (unpaired) electrons. The molecular weight excluding hydrogens is 381 g/mol. The van der Waals surface area contributed by atoms with Crippen molar-refractivity contribution in [3.8, 4) is 0 Å². The molecule has 3 rings (SSSR count). The third-order valence-corrected chi connectivity index (χ3v) is 8.26. The fraction of sp³-hybridized carbons (Fsp3) is 0.650. The van der Waals surface area contributed by atoms with Crippen LogP contribution in [0.2, 0.25) is 0 Å². The van der Waals surface area contributed by atoms with Gasteiger partial charge in [0, 0.05) is 6.04 Å². The molecule has 0 aromatic heterocycles. The lowest BCUT2D eigenvalue weighted by atomic mass is 9.78. The molecule has 0 spiro atoms. The molecule has 1 saturated heterocycles. The van der Waals surface area contributed by atoms with E-state index in [0.29, 0.717) is 44.6 Å². The summed E-state index contributed by atoms with van der Waals surface area (Å²) in [5.74, 6) is 0.716. The van der Waals surface area contributed by atoms with Crippen LogP contribution >= 0.6 is 0 Å². The van der Waals surface area contributed by atoms with E-state index >= 15 is 0 Å². The summed E-state index contributed by atoms with van der Waals surface area (Å²) in [5.41, 5.74) is 0. The van der Waals surface area contributed by atoms with Gasteiger partial charge in [-0.15, -0.1) is 0 Å². The van der Waals surface area contributed by atoms with E-state index in [-0.39, 0.29) is 16.8 Å². The normalized spacial score (nSPS) is 27.5. The summed E-state index contributed by atoms with van der Waals surface area (Å²) in [7, 11) is -3.61. The highest BCUT2D eigenvalue weighted by Crippen LogP contribution is 2.29. The summed E-state index contributed by atoms with van der Waals surface area (Å²) >= 11 is 0. The number of carbonyl (C=O) groups is 1. The minimum atomic E-state index is -3.61. The molecule has 3 atom stereocenters. The summed E-state index contributed by atoms with van der Waals surface area (Å²) < 4.78 is 39.8. The number of rotatable bonds is 5. The van der Waals surface area contributed by atoms with Crippen molar-refractivity contribution in [2.75, 3.05) is 32.7 Å². The maximum atomic E-state index is 13.1. The molecule has 0 bridgehead atoms. The van der Waals surface area contributed by atoms with Gasteiger partial charge >= 0.3 is 0 Å². The number of halogens is 1. The number of hydrogen-bond acceptors (Lipinski definition) is 3. The van der Waals surface area contributed by atoms with Crippen LogP contribution in [0.1, 0.15) is 33.1 Å². The molecule has 8 heteroatoms. The van der Waals surface area contributed by atoms with Crippen molar-refractivity contribution in [1.82, 2.24) is 9.62 Å². The number of piperazine rings is 1. The molecule has 1 heterocycles. The Kier molecular flexibility index (Phi) is 6.73. The number of quaternary nitrogens is 1. The summed E-state index contributed by atoms with van der Waals surface area (Å²) in [6.07, 6.45) is 3.42. The van der Waals surface area contributed by atoms with Gasteiger partial charge in [-0.3, -0.25) is 4.79 Å². The van der Waals surface area contributed by atoms with Crippen LogP contribution in [0.5, 0.6) is 0 Å². The van der Waals surface area contributed by atoms with Crippen LogP contribution in [-0.4, -0.2) is 57.4 Å². The van der Waals surface area contributed by atoms with E-state index in [4.69, 9.17) is 0 Å². The fourth-order valence-electron chi connectivity index (χ4n) is 4.25. The average molecular weight is 413 g/mol. The molecule has 2 aliphatic rings. The molecular formula is C20H31FN3O3S+. The maximum absolute atomic E-state index is 13.1. The lowest BCUT2D eigenvalue weighted by molar-refractivity contribution is -0.895. The smallest absolute Gasteiger partial charge is 0.275 e. The molecule has 1 amide bonds. The zero-order valence-electron chi connectivity index (χ0n) is 16.7. The third-order valence-electron chi connectivity index (χ3n) is 6.34. The standard InChI is InChI=1S/C20H30FN3O3S/c1-15-4-3-5-19(16(15)2)22-20(25)14-23-10-12-24(13-11-23)28(26,27)18-8-6-17(21)7-9-18/h6-9,15-16,19H,3-5,10-14H2,1-2H3,(H,22,25)/p+1/t15-,16+,19-/m0/s1. The van der Waals surface area contributed by atoms with Gasteiger partial charge in [-0.2, -0.15) is 4.31 Å². The van der Waals surface area contributed by atoms with Crippen LogP contribution in [0, 0.1) is 17.7 Å². The highest BCUT2D eigenvalue weighted by molar-refractivity contribution is 7.89. The van der Waals surface area contributed by atoms with Gasteiger partial charge in [0.15, 0.2) is 6.54 Å². The van der Waals surface area contributed by atoms with Crippen molar-refractivity contribution in [3.05, 3.63) is 30.1 Å². The van der Waals surface area contributed by atoms with Gasteiger partial charge in [0.2, 0.25) is 10.0 Å². The number of carbonyl (C=O) groups excluding carboxylic acids is 1. The number of sulfonamides is 1. The van der Waals surface area contributed by atoms with Crippen LogP contribution in [-0.2, 0) is 14.8 Å². The number of nitrogens with one attached hydrogen (secondary N) is 2. The lowest BCUT2D eigenvalue weighted by Crippen LogP contribution is -3.15. The maximum Gasteiger partial charge on any atom is 0.275 e. The summed E-state index contributed by atoms with van der Waals surface area (Å²) in [4.78, 5) is 13.7. The second kappa shape index (κ2) is 8.88. The van der Waals surface area contributed by atoms with Crippen molar-refractivity contribution in [2.45, 2.75) is 44.0 Å². The summed E-state index contributed by atoms with van der Waals surface area (Å²) in [5, 5.41) is 3.19. The molecule has 2 N–H and O–H groups in total. The molecule has 2 fully saturated rings. The van der Waals surface area contributed by atoms with Crippen molar-refractivity contribution in [1.29, 1.82) is 0 Å². The van der Waals surface area contributed by atoms with Gasteiger partial charge in [0.25, 0.3) is 5.91 Å². The zero-order chi connectivity index (χ0) is 20.3. The first kappa shape index (κ1) is 21.2. The molecule has 1 aromatic rings. The number of hydrogen-bond donors (Lipinski definition) is 2. The Morgan fingerprint density at radius 3 is 2.46 bits per heavy atom. The van der Waals surface area contributed by atoms with Crippen LogP contribution in [0.15, 0.2) is 29.2 Å². The second-order valence-electron chi connectivity index (χ2n) is 8.23. The molecule has 1 aromatic carbocycles. The molecule has 1 saturated carbocycles. The Labute approximate surface area is 167 Å². The predicted molar refractivity (Wildman–Crippen MR) is 105 cm³/mol. The van der Waals surface area contributed by atoms with Crippen LogP contribution in [0.3, 0.4) is 0 Å². The van der Waals surface area contributed by atoms with Gasteiger partial charge in [-0.1, -0.05) is 26.7 Å². The lowest BCUT2D eigenvalue weighted by Gasteiger charge is -2.35. The first-order chi connectivity index (χ1) is 13.3. The van der Waals surface area contributed by atoms with E-state index in [2.05, 4.69) is 19.2 Å². The molecule has 1 aliphatic carbocycles. The first-order valence-corrected chi connectivity index (χ1v) is 11.6. The number of nitrogens with zero attached hydrogens (tertiary/aromatic N) is 1. The second-order valence-corrected chi connectivity index (χ2v) is 10.2. The van der Waals surface area contributed by atoms with Gasteiger partial charge < -0.3 is 10.2 Å². The highest BCUT2D eigenvalue weighted by atomic mass is 32.2. The van der Waals surface area contributed by atoms with E-state index < -0.39 is 15.8 Å². The van der Waals surface area contributed by atoms with Crippen molar-refractivity contribution in [3.63, 3.8) is 0 Å². The molecule has 1 aliphatic heterocycles. The van der Waals surface area contributed by atoms with Crippen molar-refractivity contribution < 1.29 is 22.5 Å². The minimum Gasteiger partial charge on any atom is -0.348 e. The van der Waals surface area contributed by atoms with E-state index in [9.17, 15) is 17.6 Å². The average Bonchev–Trinajstić information content (AvgIpc) is 2.66. The van der Waals surface area contributed by atoms with E-state index in [1.165, 1.54) is 22.9 Å². The summed E-state index contributed by atoms with van der Waals surface area (Å²) in [6, 6.07) is 5.15. The minimum absolute atomic E-state index is 0.0517. The topological polar surface area (TPSA) is 70.9 Å². The Bertz CT molecular complexity index is 776. The van der Waals surface area contributed by atoms with Gasteiger partial charge in [-0.25, -0.2) is 12.8 Å². The van der Waals surface area contributed by atoms with Gasteiger partial charge in [-0.05, 0) is 42.5 Å². The van der Waals surface area contributed by atoms with Gasteiger partial charge in [0.05, 0.1) is 31.1 Å². The van der Waals surface area contributed by atoms with E-state index in [1.54, 1.807) is 0 Å². The summed E-state index contributed by atoms with van der Waals surface area (Å²) in [6.45, 7) is 6.73. The highest BCUT2D eigenvalue weighted by Gasteiger charge is 2.32. The van der Waals surface area contributed by atoms with E-state index in [0.717, 1.165) is 29.9 Å². The van der Waals surface area contributed by atoms with Crippen molar-refractivity contribution >= 4 is 15.9 Å². The fourth-order valence-corrected chi connectivity index (χ4v) is 5.69. The quantitative estimate of drug-likeness (QED) is 0.746. The SMILES string of the molecule is C[C@H]1[C@@H](NC(=O)C[NH+]2CCN(S(=O)(=O)c3ccc(F)cc3)CC2)CCC[C@@H]1C. The predicted octanol–water partition coefficient (Wildman–Crippen LogP) is 0.656. The largest absolute Gasteiger partial charge is 0.348 e. The molecule has 28 heavy (non-hydrogen) atoms. The molecule has 6 nitrogen and oxygen atoms in total. The number of amides is 1. The monoisotopic (exact) mass is 412 g/mol. The molecule has 156 valence electrons. The molecule has 0 unspecified atom stereocenters. The van der Waals surface area contributed by atoms with Gasteiger partial charge in [0.1, 0.15) is 5.82 Å². The van der Waals surface area contributed by atoms with Crippen molar-refractivity contribution in [2.24, 2.45) is 11.8 Å². The first-order valence-electron chi connectivity index (χ1n) is 10.2. The number of benzene rings is 1. The van der Waals surface area contributed by atoms with Crippen LogP contribution < -0.4 is 10.2 Å². The van der Waals surface area contributed by atoms with Crippen LogP contribution in [0.4, 0.5) is 4.39 Å². The Morgan fingerprint density at radius 2 is 1.82 bits per heavy atom. The Hall–Kier alpha value is -1.51.